The minimum atomic E-state index is 0.593. The zero-order chi connectivity index (χ0) is 12.3. The van der Waals surface area contributed by atoms with E-state index in [1.165, 1.54) is 17.5 Å². The first-order valence-corrected chi connectivity index (χ1v) is 6.25. The topological polar surface area (TPSA) is 12.5 Å². The van der Waals surface area contributed by atoms with E-state index < -0.39 is 0 Å². The summed E-state index contributed by atoms with van der Waals surface area (Å²) in [6.45, 7) is 2.06. The second-order valence-corrected chi connectivity index (χ2v) is 4.64. The largest absolute Gasteiger partial charge is 0.496 e. The SMILES string of the molecule is C/C=C\N(C)C1CCc2cccc(OC)c2C1. The second kappa shape index (κ2) is 5.26. The van der Waals surface area contributed by atoms with Crippen molar-refractivity contribution in [1.82, 2.24) is 4.90 Å². The van der Waals surface area contributed by atoms with Crippen molar-refractivity contribution in [3.8, 4) is 5.75 Å². The number of hydrogen-bond donors (Lipinski definition) is 0. The van der Waals surface area contributed by atoms with E-state index in [9.17, 15) is 0 Å². The molecule has 0 aromatic heterocycles. The molecule has 0 radical (unpaired) electrons. The van der Waals surface area contributed by atoms with E-state index in [1.807, 2.05) is 0 Å². The molecule has 2 heteroatoms. The van der Waals surface area contributed by atoms with Crippen molar-refractivity contribution in [2.24, 2.45) is 0 Å². The van der Waals surface area contributed by atoms with Crippen molar-refractivity contribution in [2.75, 3.05) is 14.2 Å². The van der Waals surface area contributed by atoms with Crippen LogP contribution in [-0.2, 0) is 12.8 Å². The highest BCUT2D eigenvalue weighted by atomic mass is 16.5. The Morgan fingerprint density at radius 3 is 2.94 bits per heavy atom. The fourth-order valence-corrected chi connectivity index (χ4v) is 2.63. The van der Waals surface area contributed by atoms with Gasteiger partial charge in [0.25, 0.3) is 0 Å². The molecule has 17 heavy (non-hydrogen) atoms. The summed E-state index contributed by atoms with van der Waals surface area (Å²) < 4.78 is 5.46. The smallest absolute Gasteiger partial charge is 0.122 e. The van der Waals surface area contributed by atoms with Gasteiger partial charge in [0.15, 0.2) is 0 Å². The molecule has 0 saturated carbocycles. The minimum absolute atomic E-state index is 0.593. The predicted octanol–water partition coefficient (Wildman–Crippen LogP) is 3.02. The van der Waals surface area contributed by atoms with Crippen LogP contribution in [0.25, 0.3) is 0 Å². The lowest BCUT2D eigenvalue weighted by molar-refractivity contribution is 0.294. The zero-order valence-corrected chi connectivity index (χ0v) is 10.9. The van der Waals surface area contributed by atoms with Crippen molar-refractivity contribution < 1.29 is 4.74 Å². The zero-order valence-electron chi connectivity index (χ0n) is 10.9. The molecule has 1 aromatic carbocycles. The third-order valence-electron chi connectivity index (χ3n) is 3.60. The van der Waals surface area contributed by atoms with Crippen LogP contribution in [0.4, 0.5) is 0 Å². The average molecular weight is 231 g/mol. The van der Waals surface area contributed by atoms with E-state index in [-0.39, 0.29) is 0 Å². The van der Waals surface area contributed by atoms with Gasteiger partial charge in [0.2, 0.25) is 0 Å². The summed E-state index contributed by atoms with van der Waals surface area (Å²) in [5.74, 6) is 1.04. The highest BCUT2D eigenvalue weighted by Crippen LogP contribution is 2.31. The summed E-state index contributed by atoms with van der Waals surface area (Å²) in [4.78, 5) is 2.31. The third kappa shape index (κ3) is 2.46. The van der Waals surface area contributed by atoms with Crippen molar-refractivity contribution >= 4 is 0 Å². The van der Waals surface area contributed by atoms with E-state index >= 15 is 0 Å². The first-order chi connectivity index (χ1) is 8.26. The number of nitrogens with zero attached hydrogens (tertiary/aromatic N) is 1. The first kappa shape index (κ1) is 12.0. The molecule has 1 aromatic rings. The van der Waals surface area contributed by atoms with Gasteiger partial charge in [-0.2, -0.15) is 0 Å². The Morgan fingerprint density at radius 2 is 2.24 bits per heavy atom. The van der Waals surface area contributed by atoms with Gasteiger partial charge < -0.3 is 9.64 Å². The molecule has 0 heterocycles. The fraction of sp³-hybridized carbons (Fsp3) is 0.467. The van der Waals surface area contributed by atoms with Gasteiger partial charge >= 0.3 is 0 Å². The molecular weight excluding hydrogens is 210 g/mol. The van der Waals surface area contributed by atoms with Crippen LogP contribution in [0.15, 0.2) is 30.5 Å². The van der Waals surface area contributed by atoms with Gasteiger partial charge in [-0.15, -0.1) is 0 Å². The maximum absolute atomic E-state index is 5.46. The van der Waals surface area contributed by atoms with Crippen LogP contribution in [-0.4, -0.2) is 25.1 Å². The van der Waals surface area contributed by atoms with Crippen LogP contribution < -0.4 is 4.74 Å². The van der Waals surface area contributed by atoms with E-state index in [0.717, 1.165) is 18.6 Å². The third-order valence-corrected chi connectivity index (χ3v) is 3.60. The monoisotopic (exact) mass is 231 g/mol. The number of hydrogen-bond acceptors (Lipinski definition) is 2. The van der Waals surface area contributed by atoms with Gasteiger partial charge in [-0.1, -0.05) is 18.2 Å². The van der Waals surface area contributed by atoms with Gasteiger partial charge in [0, 0.05) is 13.1 Å². The molecule has 0 N–H and O–H groups in total. The predicted molar refractivity (Wildman–Crippen MR) is 71.4 cm³/mol. The molecule has 2 nitrogen and oxygen atoms in total. The number of benzene rings is 1. The number of ether oxygens (including phenoxy) is 1. The molecule has 0 spiro atoms. The fourth-order valence-electron chi connectivity index (χ4n) is 2.63. The molecule has 1 aliphatic carbocycles. The van der Waals surface area contributed by atoms with Crippen LogP contribution in [0.2, 0.25) is 0 Å². The van der Waals surface area contributed by atoms with Gasteiger partial charge in [-0.25, -0.2) is 0 Å². The molecule has 1 aliphatic rings. The van der Waals surface area contributed by atoms with Crippen molar-refractivity contribution in [2.45, 2.75) is 32.2 Å². The Labute approximate surface area is 104 Å². The summed E-state index contributed by atoms with van der Waals surface area (Å²) in [6, 6.07) is 6.98. The normalized spacial score (nSPS) is 19.1. The Balaban J connectivity index is 2.22. The van der Waals surface area contributed by atoms with E-state index in [2.05, 4.69) is 49.3 Å². The van der Waals surface area contributed by atoms with Crippen LogP contribution in [0.1, 0.15) is 24.5 Å². The summed E-state index contributed by atoms with van der Waals surface area (Å²) in [6.07, 6.45) is 7.71. The molecule has 0 amide bonds. The number of allylic oxidation sites excluding steroid dienone is 1. The Hall–Kier alpha value is -1.44. The molecule has 2 rings (SSSR count). The van der Waals surface area contributed by atoms with Crippen molar-refractivity contribution in [3.63, 3.8) is 0 Å². The number of likely N-dealkylation sites (N-methyl/N-ethyl adjacent to an activating group) is 1. The summed E-state index contributed by atoms with van der Waals surface area (Å²) in [5, 5.41) is 0. The maximum atomic E-state index is 5.46. The summed E-state index contributed by atoms with van der Waals surface area (Å²) in [5.41, 5.74) is 2.84. The molecule has 1 atom stereocenters. The lowest BCUT2D eigenvalue weighted by atomic mass is 9.87. The van der Waals surface area contributed by atoms with E-state index in [1.54, 1.807) is 7.11 Å². The molecule has 0 bridgehead atoms. The van der Waals surface area contributed by atoms with Crippen molar-refractivity contribution in [1.29, 1.82) is 0 Å². The Kier molecular flexibility index (Phi) is 3.72. The maximum Gasteiger partial charge on any atom is 0.122 e. The average Bonchev–Trinajstić information content (AvgIpc) is 2.37. The highest BCUT2D eigenvalue weighted by Gasteiger charge is 2.22. The number of aryl methyl sites for hydroxylation is 1. The van der Waals surface area contributed by atoms with Crippen molar-refractivity contribution in [3.05, 3.63) is 41.6 Å². The molecular formula is C15H21NO. The van der Waals surface area contributed by atoms with Gasteiger partial charge in [0.05, 0.1) is 7.11 Å². The molecule has 1 unspecified atom stereocenters. The lowest BCUT2D eigenvalue weighted by Crippen LogP contribution is -2.33. The van der Waals surface area contributed by atoms with Gasteiger partial charge in [-0.05, 0) is 49.6 Å². The quantitative estimate of drug-likeness (QED) is 0.793. The van der Waals surface area contributed by atoms with Crippen LogP contribution in [0.3, 0.4) is 0 Å². The van der Waals surface area contributed by atoms with Crippen LogP contribution >= 0.6 is 0 Å². The first-order valence-electron chi connectivity index (χ1n) is 6.25. The molecule has 92 valence electrons. The number of methoxy groups -OCH3 is 1. The summed E-state index contributed by atoms with van der Waals surface area (Å²) >= 11 is 0. The van der Waals surface area contributed by atoms with Gasteiger partial charge in [-0.3, -0.25) is 0 Å². The molecule has 0 aliphatic heterocycles. The summed E-state index contributed by atoms with van der Waals surface area (Å²) in [7, 11) is 3.92. The van der Waals surface area contributed by atoms with Gasteiger partial charge in [0.1, 0.15) is 5.75 Å². The Morgan fingerprint density at radius 1 is 1.41 bits per heavy atom. The van der Waals surface area contributed by atoms with E-state index in [4.69, 9.17) is 4.74 Å². The number of fused-ring (bicyclic) bond motifs is 1. The highest BCUT2D eigenvalue weighted by molar-refractivity contribution is 5.42. The second-order valence-electron chi connectivity index (χ2n) is 4.64. The van der Waals surface area contributed by atoms with E-state index in [0.29, 0.717) is 6.04 Å². The van der Waals surface area contributed by atoms with Crippen LogP contribution in [0, 0.1) is 0 Å². The standard InChI is InChI=1S/C15H21NO/c1-4-10-16(2)13-9-8-12-6-5-7-15(17-3)14(12)11-13/h4-7,10,13H,8-9,11H2,1-3H3/b10-4-. The molecule has 0 saturated heterocycles. The molecule has 0 fully saturated rings. The minimum Gasteiger partial charge on any atom is -0.496 e. The lowest BCUT2D eigenvalue weighted by Gasteiger charge is -2.32. The van der Waals surface area contributed by atoms with Crippen LogP contribution in [0.5, 0.6) is 5.75 Å². The number of rotatable bonds is 3. The Bertz CT molecular complexity index is 397.